The summed E-state index contributed by atoms with van der Waals surface area (Å²) >= 11 is 0. The molecule has 1 saturated carbocycles. The molecule has 0 radical (unpaired) electrons. The lowest BCUT2D eigenvalue weighted by atomic mass is 10.0. The van der Waals surface area contributed by atoms with Crippen LogP contribution >= 0.6 is 0 Å². The second kappa shape index (κ2) is 5.33. The number of aryl methyl sites for hydroxylation is 2. The molecule has 2 rings (SSSR count). The molecule has 1 amide bonds. The lowest BCUT2D eigenvalue weighted by Crippen LogP contribution is -2.36. The molecule has 2 N–H and O–H groups in total. The van der Waals surface area contributed by atoms with Crippen molar-refractivity contribution in [2.24, 2.45) is 11.1 Å². The number of hydrogen-bond acceptors (Lipinski definition) is 2. The Morgan fingerprint density at radius 3 is 2.63 bits per heavy atom. The molecule has 0 bridgehead atoms. The Morgan fingerprint density at radius 1 is 1.37 bits per heavy atom. The number of hydrogen-bond donors (Lipinski definition) is 1. The molecular weight excluding hydrogens is 236 g/mol. The number of carbonyl (C=O) groups excluding carboxylic acids is 1. The predicted molar refractivity (Wildman–Crippen MR) is 78.0 cm³/mol. The van der Waals surface area contributed by atoms with Gasteiger partial charge in [0.15, 0.2) is 0 Å². The van der Waals surface area contributed by atoms with Gasteiger partial charge in [0, 0.05) is 19.0 Å². The van der Waals surface area contributed by atoms with E-state index in [0.717, 1.165) is 24.9 Å². The highest BCUT2D eigenvalue weighted by Crippen LogP contribution is 2.44. The van der Waals surface area contributed by atoms with Crippen molar-refractivity contribution in [3.63, 3.8) is 0 Å². The molecule has 1 aromatic carbocycles. The zero-order chi connectivity index (χ0) is 14.0. The summed E-state index contributed by atoms with van der Waals surface area (Å²) in [4.78, 5) is 14.1. The highest BCUT2D eigenvalue weighted by molar-refractivity contribution is 5.79. The molecule has 0 heterocycles. The quantitative estimate of drug-likeness (QED) is 0.880. The Labute approximate surface area is 115 Å². The first kappa shape index (κ1) is 14.1. The van der Waals surface area contributed by atoms with Crippen LogP contribution in [-0.4, -0.2) is 30.9 Å². The van der Waals surface area contributed by atoms with Gasteiger partial charge >= 0.3 is 0 Å². The third-order valence-corrected chi connectivity index (χ3v) is 4.23. The standard InChI is InChI=1S/C16H24N2O/c1-12-4-5-13(2)14(8-12)9-15(19)18(3)11-16(10-17)6-7-16/h4-5,8H,6-7,9-11,17H2,1-3H3. The van der Waals surface area contributed by atoms with E-state index in [1.54, 1.807) is 0 Å². The molecule has 3 nitrogen and oxygen atoms in total. The number of amides is 1. The zero-order valence-electron chi connectivity index (χ0n) is 12.2. The molecule has 1 aliphatic carbocycles. The van der Waals surface area contributed by atoms with Crippen LogP contribution in [-0.2, 0) is 11.2 Å². The number of benzene rings is 1. The Kier molecular flexibility index (Phi) is 3.95. The van der Waals surface area contributed by atoms with Gasteiger partial charge in [-0.05, 0) is 44.4 Å². The van der Waals surface area contributed by atoms with Gasteiger partial charge in [-0.15, -0.1) is 0 Å². The fourth-order valence-corrected chi connectivity index (χ4v) is 2.48. The smallest absolute Gasteiger partial charge is 0.226 e. The van der Waals surface area contributed by atoms with E-state index in [1.165, 1.54) is 11.1 Å². The summed E-state index contributed by atoms with van der Waals surface area (Å²) in [6.45, 7) is 5.61. The first-order valence-electron chi connectivity index (χ1n) is 6.96. The summed E-state index contributed by atoms with van der Waals surface area (Å²) in [6, 6.07) is 6.28. The summed E-state index contributed by atoms with van der Waals surface area (Å²) in [5.41, 5.74) is 9.52. The van der Waals surface area contributed by atoms with E-state index >= 15 is 0 Å². The highest BCUT2D eigenvalue weighted by atomic mass is 16.2. The van der Waals surface area contributed by atoms with E-state index < -0.39 is 0 Å². The second-order valence-corrected chi connectivity index (χ2v) is 6.06. The molecule has 3 heteroatoms. The summed E-state index contributed by atoms with van der Waals surface area (Å²) in [5, 5.41) is 0. The van der Waals surface area contributed by atoms with E-state index in [-0.39, 0.29) is 11.3 Å². The topological polar surface area (TPSA) is 46.3 Å². The molecule has 0 atom stereocenters. The van der Waals surface area contributed by atoms with Gasteiger partial charge in [-0.3, -0.25) is 4.79 Å². The maximum absolute atomic E-state index is 12.3. The summed E-state index contributed by atoms with van der Waals surface area (Å²) in [6.07, 6.45) is 2.81. The molecule has 1 aliphatic rings. The molecule has 104 valence electrons. The van der Waals surface area contributed by atoms with Crippen LogP contribution in [0.25, 0.3) is 0 Å². The summed E-state index contributed by atoms with van der Waals surface area (Å²) in [5.74, 6) is 0.188. The molecule has 0 unspecified atom stereocenters. The van der Waals surface area contributed by atoms with Crippen molar-refractivity contribution in [1.82, 2.24) is 4.90 Å². The molecule has 0 saturated heterocycles. The van der Waals surface area contributed by atoms with E-state index in [1.807, 2.05) is 11.9 Å². The van der Waals surface area contributed by atoms with Crippen molar-refractivity contribution >= 4 is 5.91 Å². The van der Waals surface area contributed by atoms with Crippen molar-refractivity contribution in [3.8, 4) is 0 Å². The Balaban J connectivity index is 1.98. The fourth-order valence-electron chi connectivity index (χ4n) is 2.48. The van der Waals surface area contributed by atoms with E-state index in [9.17, 15) is 4.79 Å². The summed E-state index contributed by atoms with van der Waals surface area (Å²) in [7, 11) is 1.89. The SMILES string of the molecule is Cc1ccc(C)c(CC(=O)N(C)CC2(CN)CC2)c1. The molecule has 19 heavy (non-hydrogen) atoms. The van der Waals surface area contributed by atoms with Gasteiger partial charge in [-0.2, -0.15) is 0 Å². The predicted octanol–water partition coefficient (Wildman–Crippen LogP) is 2.04. The average Bonchev–Trinajstić information content (AvgIpc) is 3.14. The average molecular weight is 260 g/mol. The number of nitrogens with two attached hydrogens (primary N) is 1. The van der Waals surface area contributed by atoms with Crippen LogP contribution in [0.3, 0.4) is 0 Å². The minimum Gasteiger partial charge on any atom is -0.345 e. The van der Waals surface area contributed by atoms with Gasteiger partial charge in [0.2, 0.25) is 5.91 Å². The molecule has 0 aliphatic heterocycles. The molecule has 1 aromatic rings. The Morgan fingerprint density at radius 2 is 2.05 bits per heavy atom. The highest BCUT2D eigenvalue weighted by Gasteiger charge is 2.42. The molecule has 1 fully saturated rings. The lowest BCUT2D eigenvalue weighted by Gasteiger charge is -2.23. The van der Waals surface area contributed by atoms with Crippen LogP contribution in [0.4, 0.5) is 0 Å². The molecule has 0 aromatic heterocycles. The minimum absolute atomic E-state index is 0.188. The summed E-state index contributed by atoms with van der Waals surface area (Å²) < 4.78 is 0. The first-order valence-corrected chi connectivity index (χ1v) is 6.96. The van der Waals surface area contributed by atoms with Crippen LogP contribution in [0, 0.1) is 19.3 Å². The maximum atomic E-state index is 12.3. The molecular formula is C16H24N2O. The van der Waals surface area contributed by atoms with E-state index in [4.69, 9.17) is 5.73 Å². The number of nitrogens with zero attached hydrogens (tertiary/aromatic N) is 1. The van der Waals surface area contributed by atoms with Crippen LogP contribution < -0.4 is 5.73 Å². The van der Waals surface area contributed by atoms with Gasteiger partial charge in [-0.25, -0.2) is 0 Å². The third-order valence-electron chi connectivity index (χ3n) is 4.23. The van der Waals surface area contributed by atoms with Gasteiger partial charge in [0.05, 0.1) is 6.42 Å². The van der Waals surface area contributed by atoms with Crippen molar-refractivity contribution < 1.29 is 4.79 Å². The van der Waals surface area contributed by atoms with Crippen molar-refractivity contribution in [2.45, 2.75) is 33.1 Å². The van der Waals surface area contributed by atoms with Gasteiger partial charge in [0.25, 0.3) is 0 Å². The first-order chi connectivity index (χ1) is 8.96. The van der Waals surface area contributed by atoms with Crippen LogP contribution in [0.2, 0.25) is 0 Å². The van der Waals surface area contributed by atoms with Crippen molar-refractivity contribution in [2.75, 3.05) is 20.1 Å². The van der Waals surface area contributed by atoms with Crippen LogP contribution in [0.5, 0.6) is 0 Å². The lowest BCUT2D eigenvalue weighted by molar-refractivity contribution is -0.129. The maximum Gasteiger partial charge on any atom is 0.226 e. The normalized spacial score (nSPS) is 16.2. The zero-order valence-corrected chi connectivity index (χ0v) is 12.2. The van der Waals surface area contributed by atoms with E-state index in [2.05, 4.69) is 32.0 Å². The minimum atomic E-state index is 0.188. The van der Waals surface area contributed by atoms with Crippen LogP contribution in [0.15, 0.2) is 18.2 Å². The van der Waals surface area contributed by atoms with E-state index in [0.29, 0.717) is 13.0 Å². The second-order valence-electron chi connectivity index (χ2n) is 6.06. The number of carbonyl (C=O) groups is 1. The number of likely N-dealkylation sites (N-methyl/N-ethyl adjacent to an activating group) is 1. The largest absolute Gasteiger partial charge is 0.345 e. The Hall–Kier alpha value is -1.35. The van der Waals surface area contributed by atoms with Crippen molar-refractivity contribution in [3.05, 3.63) is 34.9 Å². The molecule has 0 spiro atoms. The van der Waals surface area contributed by atoms with Gasteiger partial charge in [-0.1, -0.05) is 23.8 Å². The van der Waals surface area contributed by atoms with Crippen molar-refractivity contribution in [1.29, 1.82) is 0 Å². The fraction of sp³-hybridized carbons (Fsp3) is 0.562. The van der Waals surface area contributed by atoms with Gasteiger partial charge < -0.3 is 10.6 Å². The third kappa shape index (κ3) is 3.35. The number of rotatable bonds is 5. The van der Waals surface area contributed by atoms with Gasteiger partial charge in [0.1, 0.15) is 0 Å². The Bertz CT molecular complexity index is 478. The van der Waals surface area contributed by atoms with Crippen LogP contribution in [0.1, 0.15) is 29.5 Å². The monoisotopic (exact) mass is 260 g/mol.